The van der Waals surface area contributed by atoms with Crippen LogP contribution in [0.15, 0.2) is 65.6 Å². The molecule has 5 aromatic rings. The summed E-state index contributed by atoms with van der Waals surface area (Å²) in [6, 6.07) is 22.3. The maximum Gasteiger partial charge on any atom is 0.0361 e. The van der Waals surface area contributed by atoms with Crippen molar-refractivity contribution in [2.24, 2.45) is 0 Å². The molecule has 0 saturated carbocycles. The summed E-state index contributed by atoms with van der Waals surface area (Å²) in [5.74, 6) is 0. The molecule has 0 radical (unpaired) electrons. The first-order chi connectivity index (χ1) is 11.2. The molecule has 0 aliphatic heterocycles. The van der Waals surface area contributed by atoms with E-state index in [2.05, 4.69) is 80.2 Å². The third-order valence-electron chi connectivity index (χ3n) is 4.53. The van der Waals surface area contributed by atoms with Crippen LogP contribution in [0.1, 0.15) is 5.56 Å². The van der Waals surface area contributed by atoms with Gasteiger partial charge in [0, 0.05) is 25.1 Å². The van der Waals surface area contributed by atoms with Gasteiger partial charge < -0.3 is 0 Å². The Labute approximate surface area is 143 Å². The zero-order valence-corrected chi connectivity index (χ0v) is 14.3. The molecule has 1 heterocycles. The fraction of sp³-hybridized carbons (Fsp3) is 0.0476. The lowest BCUT2D eigenvalue weighted by Crippen LogP contribution is -1.76. The number of aryl methyl sites for hydroxylation is 1. The largest absolute Gasteiger partial charge is 0.143 e. The summed E-state index contributed by atoms with van der Waals surface area (Å²) in [6.07, 6.45) is 0. The lowest BCUT2D eigenvalue weighted by molar-refractivity contribution is 1.51. The van der Waals surface area contributed by atoms with Crippen molar-refractivity contribution in [1.82, 2.24) is 0 Å². The molecule has 0 N–H and O–H groups in total. The summed E-state index contributed by atoms with van der Waals surface area (Å²) in [5.41, 5.74) is 1.31. The van der Waals surface area contributed by atoms with E-state index in [1.807, 2.05) is 11.3 Å². The zero-order valence-electron chi connectivity index (χ0n) is 12.6. The Bertz CT molecular complexity index is 1130. The average Bonchev–Trinajstić information content (AvgIpc) is 2.86. The van der Waals surface area contributed by atoms with Gasteiger partial charge in [-0.25, -0.2) is 0 Å². The second-order valence-electron chi connectivity index (χ2n) is 6.18. The number of thiophene rings is 1. The van der Waals surface area contributed by atoms with Crippen molar-refractivity contribution in [1.29, 1.82) is 0 Å². The molecule has 0 aliphatic carbocycles. The highest BCUT2D eigenvalue weighted by Gasteiger charge is 2.08. The summed E-state index contributed by atoms with van der Waals surface area (Å²) in [6.45, 7) is 2.15. The van der Waals surface area contributed by atoms with Gasteiger partial charge in [-0.1, -0.05) is 29.8 Å². The summed E-state index contributed by atoms with van der Waals surface area (Å²) in [7, 11) is 0. The molecule has 0 saturated heterocycles. The quantitative estimate of drug-likeness (QED) is 0.292. The topological polar surface area (TPSA) is 0 Å². The summed E-state index contributed by atoms with van der Waals surface area (Å²) in [4.78, 5) is 1.01. The minimum atomic E-state index is 1.01. The SMILES string of the molecule is Cc1ccc2cc3c(cc2c1)sc1cc2cc(S)ccc2cc13. The van der Waals surface area contributed by atoms with Crippen molar-refractivity contribution in [2.75, 3.05) is 0 Å². The summed E-state index contributed by atoms with van der Waals surface area (Å²) in [5, 5.41) is 7.89. The van der Waals surface area contributed by atoms with Gasteiger partial charge in [0.05, 0.1) is 0 Å². The van der Waals surface area contributed by atoms with Crippen molar-refractivity contribution in [2.45, 2.75) is 11.8 Å². The van der Waals surface area contributed by atoms with E-state index in [4.69, 9.17) is 0 Å². The second-order valence-corrected chi connectivity index (χ2v) is 7.78. The first kappa shape index (κ1) is 13.4. The smallest absolute Gasteiger partial charge is 0.0361 e. The molecule has 0 amide bonds. The molecule has 0 nitrogen and oxygen atoms in total. The lowest BCUT2D eigenvalue weighted by atomic mass is 10.0. The van der Waals surface area contributed by atoms with Crippen LogP contribution in [0.5, 0.6) is 0 Å². The minimum Gasteiger partial charge on any atom is -0.143 e. The van der Waals surface area contributed by atoms with Crippen LogP contribution in [0.4, 0.5) is 0 Å². The first-order valence-corrected chi connectivity index (χ1v) is 8.93. The Balaban J connectivity index is 1.94. The van der Waals surface area contributed by atoms with Gasteiger partial charge in [-0.3, -0.25) is 0 Å². The molecule has 0 unspecified atom stereocenters. The summed E-state index contributed by atoms with van der Waals surface area (Å²) >= 11 is 6.34. The predicted molar refractivity (Wildman–Crippen MR) is 106 cm³/mol. The van der Waals surface area contributed by atoms with Crippen LogP contribution in [0.25, 0.3) is 41.7 Å². The Hall–Kier alpha value is -2.03. The van der Waals surface area contributed by atoms with Gasteiger partial charge >= 0.3 is 0 Å². The highest BCUT2D eigenvalue weighted by Crippen LogP contribution is 2.38. The maximum atomic E-state index is 4.46. The van der Waals surface area contributed by atoms with Gasteiger partial charge in [-0.05, 0) is 64.9 Å². The van der Waals surface area contributed by atoms with Crippen LogP contribution in [0.2, 0.25) is 0 Å². The predicted octanol–water partition coefficient (Wildman–Crippen LogP) is 6.96. The van der Waals surface area contributed by atoms with Crippen molar-refractivity contribution in [3.05, 3.63) is 66.2 Å². The van der Waals surface area contributed by atoms with Gasteiger partial charge in [0.25, 0.3) is 0 Å². The van der Waals surface area contributed by atoms with E-state index in [0.717, 1.165) is 4.90 Å². The van der Waals surface area contributed by atoms with Crippen molar-refractivity contribution < 1.29 is 0 Å². The Morgan fingerprint density at radius 1 is 0.652 bits per heavy atom. The standard InChI is InChI=1S/C21H14S2/c1-12-2-3-13-8-18-19-9-14-4-5-17(22)7-16(14)11-21(19)23-20(18)10-15(13)6-12/h2-11,22H,1H3. The van der Waals surface area contributed by atoms with E-state index in [9.17, 15) is 0 Å². The number of fused-ring (bicyclic) bond motifs is 5. The highest BCUT2D eigenvalue weighted by atomic mass is 32.1. The molecular formula is C21H14S2. The van der Waals surface area contributed by atoms with Gasteiger partial charge in [0.15, 0.2) is 0 Å². The first-order valence-electron chi connectivity index (χ1n) is 7.67. The molecule has 0 bridgehead atoms. The number of hydrogen-bond acceptors (Lipinski definition) is 2. The molecule has 110 valence electrons. The van der Waals surface area contributed by atoms with Gasteiger partial charge in [-0.15, -0.1) is 24.0 Å². The van der Waals surface area contributed by atoms with Crippen LogP contribution >= 0.6 is 24.0 Å². The van der Waals surface area contributed by atoms with E-state index >= 15 is 0 Å². The van der Waals surface area contributed by atoms with E-state index in [0.29, 0.717) is 0 Å². The van der Waals surface area contributed by atoms with E-state index < -0.39 is 0 Å². The Morgan fingerprint density at radius 2 is 1.26 bits per heavy atom. The van der Waals surface area contributed by atoms with Gasteiger partial charge in [-0.2, -0.15) is 0 Å². The fourth-order valence-corrected chi connectivity index (χ4v) is 4.75. The number of thiol groups is 1. The number of rotatable bonds is 0. The molecule has 4 aromatic carbocycles. The van der Waals surface area contributed by atoms with Crippen molar-refractivity contribution in [3.63, 3.8) is 0 Å². The molecule has 5 rings (SSSR count). The molecule has 23 heavy (non-hydrogen) atoms. The molecule has 0 aliphatic rings. The van der Waals surface area contributed by atoms with E-state index in [-0.39, 0.29) is 0 Å². The Kier molecular flexibility index (Phi) is 2.76. The van der Waals surface area contributed by atoms with Crippen LogP contribution in [0, 0.1) is 6.92 Å². The van der Waals surface area contributed by atoms with Crippen molar-refractivity contribution in [3.8, 4) is 0 Å². The van der Waals surface area contributed by atoms with Crippen LogP contribution < -0.4 is 0 Å². The van der Waals surface area contributed by atoms with Crippen molar-refractivity contribution >= 4 is 65.7 Å². The fourth-order valence-electron chi connectivity index (χ4n) is 3.37. The second kappa shape index (κ2) is 4.73. The number of hydrogen-bond donors (Lipinski definition) is 1. The Morgan fingerprint density at radius 3 is 1.96 bits per heavy atom. The third-order valence-corrected chi connectivity index (χ3v) is 5.92. The molecule has 1 aromatic heterocycles. The normalized spacial score (nSPS) is 11.9. The van der Waals surface area contributed by atoms with E-state index in [1.54, 1.807) is 0 Å². The molecule has 0 fully saturated rings. The average molecular weight is 330 g/mol. The molecule has 0 atom stereocenters. The zero-order chi connectivity index (χ0) is 15.6. The number of benzene rings is 4. The van der Waals surface area contributed by atoms with Gasteiger partial charge in [0.2, 0.25) is 0 Å². The minimum absolute atomic E-state index is 1.01. The lowest BCUT2D eigenvalue weighted by Gasteiger charge is -2.02. The maximum absolute atomic E-state index is 4.46. The summed E-state index contributed by atoms with van der Waals surface area (Å²) < 4.78 is 2.71. The molecule has 2 heteroatoms. The monoisotopic (exact) mass is 330 g/mol. The molecule has 0 spiro atoms. The highest BCUT2D eigenvalue weighted by molar-refractivity contribution is 7.80. The van der Waals surface area contributed by atoms with Gasteiger partial charge in [0.1, 0.15) is 0 Å². The van der Waals surface area contributed by atoms with Crippen LogP contribution in [-0.2, 0) is 0 Å². The van der Waals surface area contributed by atoms with E-state index in [1.165, 1.54) is 47.3 Å². The van der Waals surface area contributed by atoms with Crippen LogP contribution in [-0.4, -0.2) is 0 Å². The molecular weight excluding hydrogens is 316 g/mol. The van der Waals surface area contributed by atoms with Crippen LogP contribution in [0.3, 0.4) is 0 Å². The third kappa shape index (κ3) is 2.06.